The van der Waals surface area contributed by atoms with Crippen molar-refractivity contribution in [1.82, 2.24) is 0 Å². The fourth-order valence-corrected chi connectivity index (χ4v) is 3.73. The third-order valence-electron chi connectivity index (χ3n) is 2.81. The van der Waals surface area contributed by atoms with Gasteiger partial charge in [0.2, 0.25) is 0 Å². The Hall–Kier alpha value is -1.07. The van der Waals surface area contributed by atoms with Crippen LogP contribution in [-0.4, -0.2) is 26.0 Å². The molecular weight excluding hydrogens is 266 g/mol. The third-order valence-corrected chi connectivity index (χ3v) is 5.59. The Morgan fingerprint density at radius 1 is 1.33 bits per heavy atom. The van der Waals surface area contributed by atoms with Crippen LogP contribution in [0.4, 0.5) is 5.69 Å². The number of rotatable bonds is 5. The molecule has 0 aliphatic carbocycles. The largest absolute Gasteiger partial charge is 0.382 e. The first-order valence-corrected chi connectivity index (χ1v) is 8.64. The smallest absolute Gasteiger partial charge is 0.152 e. The standard InChI is InChI=1S/C13H17NO2S2/c1-3-18(15,16)9-10(2)14-12-4-5-13-11(8-12)6-7-17-13/h4-8,10,14H,3,9H2,1-2H3. The van der Waals surface area contributed by atoms with Crippen LogP contribution in [0.25, 0.3) is 10.1 Å². The van der Waals surface area contributed by atoms with Crippen molar-refractivity contribution < 1.29 is 8.42 Å². The van der Waals surface area contributed by atoms with E-state index in [1.165, 1.54) is 10.1 Å². The van der Waals surface area contributed by atoms with Gasteiger partial charge in [0.05, 0.1) is 5.75 Å². The summed E-state index contributed by atoms with van der Waals surface area (Å²) < 4.78 is 24.3. The minimum absolute atomic E-state index is 0.0777. The van der Waals surface area contributed by atoms with Crippen LogP contribution >= 0.6 is 11.3 Å². The van der Waals surface area contributed by atoms with Crippen LogP contribution < -0.4 is 5.32 Å². The minimum Gasteiger partial charge on any atom is -0.382 e. The van der Waals surface area contributed by atoms with Crippen LogP contribution in [0, 0.1) is 0 Å². The summed E-state index contributed by atoms with van der Waals surface area (Å²) in [6.45, 7) is 3.57. The molecule has 1 heterocycles. The number of fused-ring (bicyclic) bond motifs is 1. The van der Waals surface area contributed by atoms with E-state index >= 15 is 0 Å². The summed E-state index contributed by atoms with van der Waals surface area (Å²) in [5.74, 6) is 0.369. The quantitative estimate of drug-likeness (QED) is 0.917. The van der Waals surface area contributed by atoms with E-state index in [1.807, 2.05) is 13.0 Å². The summed E-state index contributed by atoms with van der Waals surface area (Å²) in [6, 6.07) is 8.10. The molecule has 0 spiro atoms. The van der Waals surface area contributed by atoms with Crippen molar-refractivity contribution in [2.75, 3.05) is 16.8 Å². The zero-order valence-corrected chi connectivity index (χ0v) is 12.1. The second kappa shape index (κ2) is 5.28. The number of thiophene rings is 1. The van der Waals surface area contributed by atoms with Crippen LogP contribution in [0.5, 0.6) is 0 Å². The fourth-order valence-electron chi connectivity index (χ4n) is 1.88. The van der Waals surface area contributed by atoms with Gasteiger partial charge >= 0.3 is 0 Å². The predicted molar refractivity (Wildman–Crippen MR) is 79.2 cm³/mol. The summed E-state index contributed by atoms with van der Waals surface area (Å²) >= 11 is 1.70. The van der Waals surface area contributed by atoms with Crippen molar-refractivity contribution in [3.05, 3.63) is 29.6 Å². The summed E-state index contributed by atoms with van der Waals surface area (Å²) in [5.41, 5.74) is 0.972. The van der Waals surface area contributed by atoms with E-state index in [2.05, 4.69) is 28.9 Å². The molecule has 3 nitrogen and oxygen atoms in total. The Balaban J connectivity index is 2.08. The van der Waals surface area contributed by atoms with E-state index in [-0.39, 0.29) is 17.5 Å². The van der Waals surface area contributed by atoms with E-state index in [0.717, 1.165) is 5.69 Å². The molecule has 5 heteroatoms. The molecule has 0 bridgehead atoms. The van der Waals surface area contributed by atoms with Gasteiger partial charge in [-0.15, -0.1) is 11.3 Å². The average molecular weight is 283 g/mol. The zero-order valence-electron chi connectivity index (χ0n) is 10.5. The number of hydrogen-bond acceptors (Lipinski definition) is 4. The molecule has 18 heavy (non-hydrogen) atoms. The maximum absolute atomic E-state index is 11.5. The lowest BCUT2D eigenvalue weighted by Crippen LogP contribution is -2.26. The van der Waals surface area contributed by atoms with Crippen LogP contribution in [0.1, 0.15) is 13.8 Å². The molecule has 1 N–H and O–H groups in total. The lowest BCUT2D eigenvalue weighted by molar-refractivity contribution is 0.593. The molecule has 2 aromatic rings. The van der Waals surface area contributed by atoms with E-state index in [9.17, 15) is 8.42 Å². The second-order valence-corrected chi connectivity index (χ2v) is 7.76. The first-order chi connectivity index (χ1) is 8.50. The molecule has 2 rings (SSSR count). The molecular formula is C13H17NO2S2. The summed E-state index contributed by atoms with van der Waals surface area (Å²) in [7, 11) is -2.93. The normalized spacial score (nSPS) is 13.7. The van der Waals surface area contributed by atoms with Crippen molar-refractivity contribution in [1.29, 1.82) is 0 Å². The molecule has 1 aromatic heterocycles. The Morgan fingerprint density at radius 3 is 2.83 bits per heavy atom. The summed E-state index contributed by atoms with van der Waals surface area (Å²) in [5, 5.41) is 6.48. The number of sulfone groups is 1. The highest BCUT2D eigenvalue weighted by molar-refractivity contribution is 7.91. The Kier molecular flexibility index (Phi) is 3.92. The molecule has 0 aliphatic heterocycles. The van der Waals surface area contributed by atoms with Gasteiger partial charge < -0.3 is 5.32 Å². The fraction of sp³-hybridized carbons (Fsp3) is 0.385. The van der Waals surface area contributed by atoms with Gasteiger partial charge in [0, 0.05) is 22.2 Å². The Labute approximate surface area is 112 Å². The SMILES string of the molecule is CCS(=O)(=O)CC(C)Nc1ccc2sccc2c1. The van der Waals surface area contributed by atoms with Crippen molar-refractivity contribution >= 4 is 36.9 Å². The first kappa shape index (κ1) is 13.4. The van der Waals surface area contributed by atoms with E-state index < -0.39 is 9.84 Å². The Morgan fingerprint density at radius 2 is 2.11 bits per heavy atom. The van der Waals surface area contributed by atoms with Gasteiger partial charge in [0.1, 0.15) is 0 Å². The van der Waals surface area contributed by atoms with Crippen molar-refractivity contribution in [2.24, 2.45) is 0 Å². The molecule has 0 aliphatic rings. The second-order valence-electron chi connectivity index (χ2n) is 4.42. The molecule has 0 amide bonds. The number of nitrogens with one attached hydrogen (secondary N) is 1. The molecule has 0 saturated heterocycles. The maximum Gasteiger partial charge on any atom is 0.152 e. The minimum atomic E-state index is -2.93. The zero-order chi connectivity index (χ0) is 13.2. The summed E-state index contributed by atoms with van der Waals surface area (Å²) in [4.78, 5) is 0. The van der Waals surface area contributed by atoms with Gasteiger partial charge in [-0.3, -0.25) is 0 Å². The molecule has 1 aromatic carbocycles. The number of hydrogen-bond donors (Lipinski definition) is 1. The predicted octanol–water partition coefficient (Wildman–Crippen LogP) is 3.14. The van der Waals surface area contributed by atoms with Crippen molar-refractivity contribution in [3.8, 4) is 0 Å². The third kappa shape index (κ3) is 3.23. The van der Waals surface area contributed by atoms with E-state index in [1.54, 1.807) is 18.3 Å². The van der Waals surface area contributed by atoms with Crippen LogP contribution in [0.2, 0.25) is 0 Å². The lowest BCUT2D eigenvalue weighted by Gasteiger charge is -2.15. The summed E-state index contributed by atoms with van der Waals surface area (Å²) in [6.07, 6.45) is 0. The highest BCUT2D eigenvalue weighted by atomic mass is 32.2. The monoisotopic (exact) mass is 283 g/mol. The number of anilines is 1. The van der Waals surface area contributed by atoms with Crippen LogP contribution in [0.3, 0.4) is 0 Å². The van der Waals surface area contributed by atoms with Gasteiger partial charge in [0.25, 0.3) is 0 Å². The van der Waals surface area contributed by atoms with Gasteiger partial charge in [0.15, 0.2) is 9.84 Å². The average Bonchev–Trinajstić information content (AvgIpc) is 2.75. The topological polar surface area (TPSA) is 46.2 Å². The highest BCUT2D eigenvalue weighted by Gasteiger charge is 2.13. The van der Waals surface area contributed by atoms with Gasteiger partial charge in [-0.1, -0.05) is 6.92 Å². The molecule has 1 unspecified atom stereocenters. The molecule has 98 valence electrons. The molecule has 0 saturated carbocycles. The molecule has 0 fully saturated rings. The maximum atomic E-state index is 11.5. The van der Waals surface area contributed by atoms with Crippen molar-refractivity contribution in [3.63, 3.8) is 0 Å². The number of benzene rings is 1. The van der Waals surface area contributed by atoms with Gasteiger partial charge in [-0.05, 0) is 42.0 Å². The van der Waals surface area contributed by atoms with E-state index in [0.29, 0.717) is 0 Å². The van der Waals surface area contributed by atoms with Crippen LogP contribution in [-0.2, 0) is 9.84 Å². The van der Waals surface area contributed by atoms with E-state index in [4.69, 9.17) is 0 Å². The van der Waals surface area contributed by atoms with Gasteiger partial charge in [-0.2, -0.15) is 0 Å². The van der Waals surface area contributed by atoms with Gasteiger partial charge in [-0.25, -0.2) is 8.42 Å². The highest BCUT2D eigenvalue weighted by Crippen LogP contribution is 2.24. The Bertz CT molecular complexity index is 631. The molecule has 1 atom stereocenters. The first-order valence-electron chi connectivity index (χ1n) is 5.94. The van der Waals surface area contributed by atoms with Crippen molar-refractivity contribution in [2.45, 2.75) is 19.9 Å². The van der Waals surface area contributed by atoms with Crippen LogP contribution in [0.15, 0.2) is 29.6 Å². The molecule has 0 radical (unpaired) electrons. The lowest BCUT2D eigenvalue weighted by atomic mass is 10.2.